The Labute approximate surface area is 102 Å². The molecule has 1 aromatic rings. The molecule has 0 fully saturated rings. The molecular formula is C7H11ClN2O2S3. The molecule has 1 heterocycles. The summed E-state index contributed by atoms with van der Waals surface area (Å²) in [6.07, 6.45) is 3.19. The zero-order valence-corrected chi connectivity index (χ0v) is 11.4. The highest BCUT2D eigenvalue weighted by molar-refractivity contribution is 7.98. The molecule has 0 aliphatic carbocycles. The zero-order chi connectivity index (χ0) is 11.5. The SMILES string of the molecule is CSCC(C)NS(=O)(=O)c1cnc(Cl)s1. The zero-order valence-electron chi connectivity index (χ0n) is 8.23. The van der Waals surface area contributed by atoms with Crippen LogP contribution in [0.4, 0.5) is 0 Å². The highest BCUT2D eigenvalue weighted by atomic mass is 35.5. The van der Waals surface area contributed by atoms with Gasteiger partial charge < -0.3 is 0 Å². The fourth-order valence-electron chi connectivity index (χ4n) is 0.970. The van der Waals surface area contributed by atoms with Gasteiger partial charge in [-0.2, -0.15) is 11.8 Å². The van der Waals surface area contributed by atoms with E-state index in [9.17, 15) is 8.42 Å². The second kappa shape index (κ2) is 5.49. The fourth-order valence-corrected chi connectivity index (χ4v) is 4.21. The Kier molecular flexibility index (Phi) is 4.85. The molecule has 0 amide bonds. The molecule has 0 radical (unpaired) electrons. The van der Waals surface area contributed by atoms with Crippen molar-refractivity contribution in [1.82, 2.24) is 9.71 Å². The van der Waals surface area contributed by atoms with Crippen LogP contribution in [0.3, 0.4) is 0 Å². The van der Waals surface area contributed by atoms with Crippen molar-refractivity contribution in [1.29, 1.82) is 0 Å². The molecule has 0 saturated carbocycles. The first-order valence-electron chi connectivity index (χ1n) is 4.08. The van der Waals surface area contributed by atoms with Crippen molar-refractivity contribution in [2.24, 2.45) is 0 Å². The van der Waals surface area contributed by atoms with E-state index >= 15 is 0 Å². The van der Waals surface area contributed by atoms with E-state index in [1.807, 2.05) is 13.2 Å². The molecule has 0 spiro atoms. The minimum absolute atomic E-state index is 0.106. The van der Waals surface area contributed by atoms with Crippen molar-refractivity contribution in [3.05, 3.63) is 10.7 Å². The molecule has 0 bridgehead atoms. The van der Waals surface area contributed by atoms with Gasteiger partial charge in [-0.1, -0.05) is 22.9 Å². The highest BCUT2D eigenvalue weighted by Crippen LogP contribution is 2.22. The number of hydrogen-bond donors (Lipinski definition) is 1. The van der Waals surface area contributed by atoms with Gasteiger partial charge in [0.1, 0.15) is 0 Å². The summed E-state index contributed by atoms with van der Waals surface area (Å²) in [6.45, 7) is 1.82. The third kappa shape index (κ3) is 3.92. The van der Waals surface area contributed by atoms with Crippen LogP contribution in [0.2, 0.25) is 4.47 Å². The van der Waals surface area contributed by atoms with Crippen LogP contribution >= 0.6 is 34.7 Å². The third-order valence-electron chi connectivity index (χ3n) is 1.49. The average molecular weight is 287 g/mol. The Hall–Kier alpha value is 0.180. The molecule has 0 aliphatic rings. The van der Waals surface area contributed by atoms with Crippen LogP contribution in [0, 0.1) is 0 Å². The molecule has 4 nitrogen and oxygen atoms in total. The molecule has 8 heteroatoms. The van der Waals surface area contributed by atoms with Crippen molar-refractivity contribution < 1.29 is 8.42 Å². The van der Waals surface area contributed by atoms with Crippen molar-refractivity contribution in [3.63, 3.8) is 0 Å². The number of thiazole rings is 1. The third-order valence-corrected chi connectivity index (χ3v) is 5.49. The number of aromatic nitrogens is 1. The van der Waals surface area contributed by atoms with E-state index in [0.29, 0.717) is 0 Å². The van der Waals surface area contributed by atoms with Crippen LogP contribution in [0.15, 0.2) is 10.4 Å². The molecule has 1 unspecified atom stereocenters. The molecule has 1 atom stereocenters. The minimum Gasteiger partial charge on any atom is -0.232 e. The van der Waals surface area contributed by atoms with Crippen molar-refractivity contribution in [3.8, 4) is 0 Å². The summed E-state index contributed by atoms with van der Waals surface area (Å²) in [7, 11) is -3.45. The summed E-state index contributed by atoms with van der Waals surface area (Å²) < 4.78 is 26.4. The predicted molar refractivity (Wildman–Crippen MR) is 65.3 cm³/mol. The Morgan fingerprint density at radius 3 is 2.87 bits per heavy atom. The van der Waals surface area contributed by atoms with Crippen LogP contribution in [0.25, 0.3) is 0 Å². The topological polar surface area (TPSA) is 59.1 Å². The standard InChI is InChI=1S/C7H11ClN2O2S3/c1-5(4-13-2)10-15(11,12)6-3-9-7(8)14-6/h3,5,10H,4H2,1-2H3. The number of thioether (sulfide) groups is 1. The summed E-state index contributed by atoms with van der Waals surface area (Å²) in [6, 6.07) is -0.106. The lowest BCUT2D eigenvalue weighted by Crippen LogP contribution is -2.33. The van der Waals surface area contributed by atoms with Gasteiger partial charge in [-0.25, -0.2) is 18.1 Å². The summed E-state index contributed by atoms with van der Waals surface area (Å²) in [5.41, 5.74) is 0. The average Bonchev–Trinajstić information content (AvgIpc) is 2.51. The molecule has 1 N–H and O–H groups in total. The fraction of sp³-hybridized carbons (Fsp3) is 0.571. The molecule has 1 aromatic heterocycles. The second-order valence-corrected chi connectivity index (χ2v) is 7.37. The van der Waals surface area contributed by atoms with Crippen LogP contribution in [-0.4, -0.2) is 31.5 Å². The van der Waals surface area contributed by atoms with E-state index in [0.717, 1.165) is 17.1 Å². The Morgan fingerprint density at radius 1 is 1.73 bits per heavy atom. The molecule has 1 rings (SSSR count). The van der Waals surface area contributed by atoms with Gasteiger partial charge in [0.15, 0.2) is 8.68 Å². The van der Waals surface area contributed by atoms with Gasteiger partial charge in [-0.05, 0) is 13.2 Å². The maximum atomic E-state index is 11.7. The van der Waals surface area contributed by atoms with Crippen molar-refractivity contribution >= 4 is 44.7 Å². The van der Waals surface area contributed by atoms with Gasteiger partial charge >= 0.3 is 0 Å². The van der Waals surface area contributed by atoms with Gasteiger partial charge in [0, 0.05) is 11.8 Å². The van der Waals surface area contributed by atoms with Crippen LogP contribution < -0.4 is 4.72 Å². The van der Waals surface area contributed by atoms with Gasteiger partial charge in [0.2, 0.25) is 0 Å². The Balaban J connectivity index is 2.76. The number of hydrogen-bond acceptors (Lipinski definition) is 5. The summed E-state index contributed by atoms with van der Waals surface area (Å²) in [5.74, 6) is 0.728. The number of rotatable bonds is 5. The maximum absolute atomic E-state index is 11.7. The number of nitrogens with zero attached hydrogens (tertiary/aromatic N) is 1. The summed E-state index contributed by atoms with van der Waals surface area (Å²) >= 11 is 8.11. The summed E-state index contributed by atoms with van der Waals surface area (Å²) in [5, 5.41) is 0. The quantitative estimate of drug-likeness (QED) is 0.897. The largest absolute Gasteiger partial charge is 0.251 e. The lowest BCUT2D eigenvalue weighted by atomic mass is 10.4. The first kappa shape index (κ1) is 13.2. The number of sulfonamides is 1. The molecule has 0 saturated heterocycles. The van der Waals surface area contributed by atoms with E-state index < -0.39 is 10.0 Å². The second-order valence-electron chi connectivity index (χ2n) is 2.91. The van der Waals surface area contributed by atoms with Gasteiger partial charge in [-0.15, -0.1) is 0 Å². The minimum atomic E-state index is -3.45. The lowest BCUT2D eigenvalue weighted by molar-refractivity contribution is 0.573. The van der Waals surface area contributed by atoms with Crippen LogP contribution in [0.5, 0.6) is 0 Å². The van der Waals surface area contributed by atoms with Gasteiger partial charge in [0.25, 0.3) is 10.0 Å². The highest BCUT2D eigenvalue weighted by Gasteiger charge is 2.19. The van der Waals surface area contributed by atoms with Gasteiger partial charge in [0.05, 0.1) is 6.20 Å². The molecule has 15 heavy (non-hydrogen) atoms. The van der Waals surface area contributed by atoms with Crippen molar-refractivity contribution in [2.75, 3.05) is 12.0 Å². The molecule has 86 valence electrons. The normalized spacial score (nSPS) is 14.1. The molecule has 0 aromatic carbocycles. The Morgan fingerprint density at radius 2 is 2.40 bits per heavy atom. The smallest absolute Gasteiger partial charge is 0.232 e. The Bertz CT molecular complexity index is 418. The monoisotopic (exact) mass is 286 g/mol. The lowest BCUT2D eigenvalue weighted by Gasteiger charge is -2.10. The predicted octanol–water partition coefficient (Wildman–Crippen LogP) is 1.83. The first-order valence-corrected chi connectivity index (χ1v) is 8.15. The summed E-state index contributed by atoms with van der Waals surface area (Å²) in [4.78, 5) is 3.70. The van der Waals surface area contributed by atoms with E-state index in [2.05, 4.69) is 9.71 Å². The molecule has 0 aliphatic heterocycles. The first-order chi connectivity index (χ1) is 6.95. The number of nitrogens with one attached hydrogen (secondary N) is 1. The molecular weight excluding hydrogens is 276 g/mol. The van der Waals surface area contributed by atoms with E-state index in [1.165, 1.54) is 6.20 Å². The van der Waals surface area contributed by atoms with Crippen LogP contribution in [-0.2, 0) is 10.0 Å². The van der Waals surface area contributed by atoms with E-state index in [-0.39, 0.29) is 14.7 Å². The maximum Gasteiger partial charge on any atom is 0.251 e. The van der Waals surface area contributed by atoms with Crippen LogP contribution in [0.1, 0.15) is 6.92 Å². The van der Waals surface area contributed by atoms with E-state index in [4.69, 9.17) is 11.6 Å². The van der Waals surface area contributed by atoms with Gasteiger partial charge in [-0.3, -0.25) is 0 Å². The van der Waals surface area contributed by atoms with Crippen molar-refractivity contribution in [2.45, 2.75) is 17.2 Å². The van der Waals surface area contributed by atoms with E-state index in [1.54, 1.807) is 11.8 Å². The number of halogens is 1.